The van der Waals surface area contributed by atoms with Gasteiger partial charge in [0.2, 0.25) is 5.91 Å². The minimum absolute atomic E-state index is 0.0370. The van der Waals surface area contributed by atoms with Crippen LogP contribution in [0.15, 0.2) is 0 Å². The van der Waals surface area contributed by atoms with E-state index in [1.807, 2.05) is 0 Å². The van der Waals surface area contributed by atoms with Crippen LogP contribution in [0.5, 0.6) is 0 Å². The van der Waals surface area contributed by atoms with E-state index in [1.165, 1.54) is 0 Å². The summed E-state index contributed by atoms with van der Waals surface area (Å²) in [5, 5.41) is 11.9. The van der Waals surface area contributed by atoms with Crippen molar-refractivity contribution in [2.24, 2.45) is 17.1 Å². The molecule has 1 aliphatic carbocycles. The lowest BCUT2D eigenvalue weighted by Gasteiger charge is -2.31. The zero-order valence-corrected chi connectivity index (χ0v) is 11.8. The first-order valence-electron chi connectivity index (χ1n) is 6.74. The molecule has 1 amide bonds. The van der Waals surface area contributed by atoms with Gasteiger partial charge in [-0.2, -0.15) is 5.26 Å². The number of nitriles is 1. The lowest BCUT2D eigenvalue weighted by molar-refractivity contribution is -0.126. The van der Waals surface area contributed by atoms with Crippen LogP contribution in [0.2, 0.25) is 0 Å². The van der Waals surface area contributed by atoms with Crippen LogP contribution < -0.4 is 11.1 Å². The summed E-state index contributed by atoms with van der Waals surface area (Å²) in [6, 6.07) is 2.15. The SMILES string of the molecule is CC(C)(C)CCNC(=O)C1CCC(N)(C#N)CC1. The molecule has 1 saturated carbocycles. The highest BCUT2D eigenvalue weighted by Gasteiger charge is 2.34. The molecule has 0 aromatic rings. The van der Waals surface area contributed by atoms with Gasteiger partial charge in [-0.25, -0.2) is 0 Å². The van der Waals surface area contributed by atoms with Crippen molar-refractivity contribution in [3.05, 3.63) is 0 Å². The van der Waals surface area contributed by atoms with Crippen LogP contribution in [0, 0.1) is 22.7 Å². The number of hydrogen-bond donors (Lipinski definition) is 2. The second-order valence-electron chi connectivity index (χ2n) is 6.64. The molecular weight excluding hydrogens is 226 g/mol. The Morgan fingerprint density at radius 1 is 1.44 bits per heavy atom. The van der Waals surface area contributed by atoms with Gasteiger partial charge in [0.15, 0.2) is 0 Å². The first-order chi connectivity index (χ1) is 8.26. The quantitative estimate of drug-likeness (QED) is 0.804. The van der Waals surface area contributed by atoms with Crippen molar-refractivity contribution < 1.29 is 4.79 Å². The number of amides is 1. The van der Waals surface area contributed by atoms with Crippen molar-refractivity contribution in [1.29, 1.82) is 5.26 Å². The van der Waals surface area contributed by atoms with Gasteiger partial charge in [0.25, 0.3) is 0 Å². The number of nitrogens with zero attached hydrogens (tertiary/aromatic N) is 1. The smallest absolute Gasteiger partial charge is 0.223 e. The summed E-state index contributed by atoms with van der Waals surface area (Å²) in [5.74, 6) is 0.161. The van der Waals surface area contributed by atoms with Crippen LogP contribution in [0.25, 0.3) is 0 Å². The van der Waals surface area contributed by atoms with Gasteiger partial charge in [-0.1, -0.05) is 20.8 Å². The van der Waals surface area contributed by atoms with E-state index >= 15 is 0 Å². The second kappa shape index (κ2) is 5.71. The Balaban J connectivity index is 2.31. The van der Waals surface area contributed by atoms with Gasteiger partial charge in [-0.05, 0) is 37.5 Å². The maximum Gasteiger partial charge on any atom is 0.223 e. The highest BCUT2D eigenvalue weighted by molar-refractivity contribution is 5.78. The third kappa shape index (κ3) is 4.66. The largest absolute Gasteiger partial charge is 0.356 e. The van der Waals surface area contributed by atoms with Gasteiger partial charge < -0.3 is 11.1 Å². The molecule has 0 saturated heterocycles. The summed E-state index contributed by atoms with van der Waals surface area (Å²) in [4.78, 5) is 11.9. The van der Waals surface area contributed by atoms with E-state index in [9.17, 15) is 4.79 Å². The zero-order valence-electron chi connectivity index (χ0n) is 11.8. The van der Waals surface area contributed by atoms with E-state index in [2.05, 4.69) is 32.2 Å². The Hall–Kier alpha value is -1.08. The number of carbonyl (C=O) groups is 1. The minimum Gasteiger partial charge on any atom is -0.356 e. The number of carbonyl (C=O) groups excluding carboxylic acids is 1. The topological polar surface area (TPSA) is 78.9 Å². The molecule has 0 aliphatic heterocycles. The Bertz CT molecular complexity index is 330. The molecule has 4 heteroatoms. The highest BCUT2D eigenvalue weighted by atomic mass is 16.1. The van der Waals surface area contributed by atoms with Crippen LogP contribution in [-0.4, -0.2) is 18.0 Å². The molecule has 0 radical (unpaired) electrons. The predicted molar refractivity (Wildman–Crippen MR) is 71.6 cm³/mol. The molecule has 18 heavy (non-hydrogen) atoms. The predicted octanol–water partition coefficient (Wildman–Crippen LogP) is 1.95. The normalized spacial score (nSPS) is 28.5. The number of hydrogen-bond acceptors (Lipinski definition) is 3. The van der Waals surface area contributed by atoms with Crippen molar-refractivity contribution in [2.75, 3.05) is 6.54 Å². The van der Waals surface area contributed by atoms with Crippen molar-refractivity contribution in [1.82, 2.24) is 5.32 Å². The fraction of sp³-hybridized carbons (Fsp3) is 0.857. The minimum atomic E-state index is -0.706. The maximum atomic E-state index is 11.9. The van der Waals surface area contributed by atoms with Crippen LogP contribution in [0.4, 0.5) is 0 Å². The first-order valence-corrected chi connectivity index (χ1v) is 6.74. The molecule has 0 spiro atoms. The molecule has 0 atom stereocenters. The number of nitrogens with two attached hydrogens (primary N) is 1. The molecule has 1 rings (SSSR count). The number of nitrogens with one attached hydrogen (secondary N) is 1. The Labute approximate surface area is 110 Å². The van der Waals surface area contributed by atoms with E-state index < -0.39 is 5.54 Å². The van der Waals surface area contributed by atoms with E-state index in [0.717, 1.165) is 25.8 Å². The molecule has 1 aliphatic rings. The summed E-state index contributed by atoms with van der Waals surface area (Å²) in [6.07, 6.45) is 3.68. The Kier molecular flexibility index (Phi) is 4.75. The third-order valence-corrected chi connectivity index (χ3v) is 3.65. The standard InChI is InChI=1S/C14H25N3O/c1-13(2,3)8-9-17-12(18)11-4-6-14(16,10-15)7-5-11/h11H,4-9,16H2,1-3H3,(H,17,18). The van der Waals surface area contributed by atoms with Crippen LogP contribution in [0.1, 0.15) is 52.9 Å². The van der Waals surface area contributed by atoms with Gasteiger partial charge in [0, 0.05) is 12.5 Å². The molecule has 0 bridgehead atoms. The van der Waals surface area contributed by atoms with Crippen LogP contribution in [-0.2, 0) is 4.79 Å². The van der Waals surface area contributed by atoms with E-state index in [1.54, 1.807) is 0 Å². The second-order valence-corrected chi connectivity index (χ2v) is 6.64. The Morgan fingerprint density at radius 3 is 2.44 bits per heavy atom. The fourth-order valence-corrected chi connectivity index (χ4v) is 2.21. The van der Waals surface area contributed by atoms with Crippen molar-refractivity contribution >= 4 is 5.91 Å². The molecule has 1 fully saturated rings. The highest BCUT2D eigenvalue weighted by Crippen LogP contribution is 2.30. The van der Waals surface area contributed by atoms with Gasteiger partial charge >= 0.3 is 0 Å². The van der Waals surface area contributed by atoms with Crippen molar-refractivity contribution in [3.8, 4) is 6.07 Å². The molecular formula is C14H25N3O. The lowest BCUT2D eigenvalue weighted by Crippen LogP contribution is -2.44. The molecule has 0 heterocycles. The van der Waals surface area contributed by atoms with Crippen LogP contribution >= 0.6 is 0 Å². The summed E-state index contributed by atoms with van der Waals surface area (Å²) in [6.45, 7) is 7.21. The fourth-order valence-electron chi connectivity index (χ4n) is 2.21. The molecule has 0 aromatic heterocycles. The Morgan fingerprint density at radius 2 is 2.00 bits per heavy atom. The van der Waals surface area contributed by atoms with Gasteiger partial charge in [0.1, 0.15) is 5.54 Å². The number of rotatable bonds is 3. The summed E-state index contributed by atoms with van der Waals surface area (Å²) in [7, 11) is 0. The van der Waals surface area contributed by atoms with Crippen molar-refractivity contribution in [2.45, 2.75) is 58.4 Å². The third-order valence-electron chi connectivity index (χ3n) is 3.65. The van der Waals surface area contributed by atoms with Crippen LogP contribution in [0.3, 0.4) is 0 Å². The summed E-state index contributed by atoms with van der Waals surface area (Å²) < 4.78 is 0. The zero-order chi connectivity index (χ0) is 13.8. The molecule has 102 valence electrons. The molecule has 0 aromatic carbocycles. The van der Waals surface area contributed by atoms with E-state index in [4.69, 9.17) is 11.0 Å². The van der Waals surface area contributed by atoms with E-state index in [-0.39, 0.29) is 17.2 Å². The summed E-state index contributed by atoms with van der Waals surface area (Å²) in [5.41, 5.74) is 5.42. The van der Waals surface area contributed by atoms with Gasteiger partial charge in [-0.15, -0.1) is 0 Å². The molecule has 4 nitrogen and oxygen atoms in total. The first kappa shape index (κ1) is 15.0. The van der Waals surface area contributed by atoms with Crippen molar-refractivity contribution in [3.63, 3.8) is 0 Å². The molecule has 3 N–H and O–H groups in total. The van der Waals surface area contributed by atoms with E-state index in [0.29, 0.717) is 12.8 Å². The summed E-state index contributed by atoms with van der Waals surface area (Å²) >= 11 is 0. The monoisotopic (exact) mass is 251 g/mol. The van der Waals surface area contributed by atoms with Gasteiger partial charge in [-0.3, -0.25) is 4.79 Å². The maximum absolute atomic E-state index is 11.9. The lowest BCUT2D eigenvalue weighted by atomic mass is 9.77. The average molecular weight is 251 g/mol. The van der Waals surface area contributed by atoms with Gasteiger partial charge in [0.05, 0.1) is 6.07 Å². The average Bonchev–Trinajstić information content (AvgIpc) is 2.28. The molecule has 0 unspecified atom stereocenters.